The average Bonchev–Trinajstić information content (AvgIpc) is 2.73. The van der Waals surface area contributed by atoms with E-state index in [4.69, 9.17) is 5.11 Å². The zero-order valence-electron chi connectivity index (χ0n) is 14.6. The summed E-state index contributed by atoms with van der Waals surface area (Å²) in [6, 6.07) is 0.614. The van der Waals surface area contributed by atoms with Crippen molar-refractivity contribution in [1.82, 2.24) is 20.0 Å². The van der Waals surface area contributed by atoms with Crippen molar-refractivity contribution in [3.05, 3.63) is 17.0 Å². The molecule has 1 aromatic rings. The number of hydrogen-bond donors (Lipinski definition) is 2. The minimum Gasteiger partial charge on any atom is -0.394 e. The van der Waals surface area contributed by atoms with Crippen LogP contribution in [0.2, 0.25) is 0 Å². The van der Waals surface area contributed by atoms with Gasteiger partial charge in [0.1, 0.15) is 0 Å². The molecule has 0 unspecified atom stereocenters. The van der Waals surface area contributed by atoms with Crippen LogP contribution >= 0.6 is 0 Å². The predicted molar refractivity (Wildman–Crippen MR) is 89.9 cm³/mol. The molecule has 5 heteroatoms. The summed E-state index contributed by atoms with van der Waals surface area (Å²) in [6.07, 6.45) is 2.46. The lowest BCUT2D eigenvalue weighted by Gasteiger charge is -2.33. The lowest BCUT2D eigenvalue weighted by molar-refractivity contribution is 0.179. The van der Waals surface area contributed by atoms with Crippen LogP contribution in [0, 0.1) is 19.8 Å². The van der Waals surface area contributed by atoms with Crippen molar-refractivity contribution in [2.45, 2.75) is 59.7 Å². The van der Waals surface area contributed by atoms with Gasteiger partial charge >= 0.3 is 0 Å². The Morgan fingerprint density at radius 3 is 2.55 bits per heavy atom. The minimum atomic E-state index is 0.142. The van der Waals surface area contributed by atoms with E-state index in [0.717, 1.165) is 18.2 Å². The third-order valence-corrected chi connectivity index (χ3v) is 4.62. The molecule has 0 atom stereocenters. The average molecular weight is 308 g/mol. The van der Waals surface area contributed by atoms with E-state index in [-0.39, 0.29) is 6.61 Å². The zero-order valence-corrected chi connectivity index (χ0v) is 14.6. The Hall–Kier alpha value is -0.910. The quantitative estimate of drug-likeness (QED) is 0.805. The summed E-state index contributed by atoms with van der Waals surface area (Å²) >= 11 is 0. The van der Waals surface area contributed by atoms with E-state index >= 15 is 0 Å². The first-order chi connectivity index (χ1) is 10.5. The van der Waals surface area contributed by atoms with Crippen molar-refractivity contribution in [3.8, 4) is 0 Å². The number of aliphatic hydroxyl groups is 1. The second-order valence-electron chi connectivity index (χ2n) is 6.95. The highest BCUT2D eigenvalue weighted by atomic mass is 16.3. The van der Waals surface area contributed by atoms with Crippen LogP contribution in [-0.4, -0.2) is 52.1 Å². The molecule has 5 nitrogen and oxygen atoms in total. The first kappa shape index (κ1) is 17.4. The van der Waals surface area contributed by atoms with E-state index in [1.165, 1.54) is 43.7 Å². The first-order valence-corrected chi connectivity index (χ1v) is 8.60. The monoisotopic (exact) mass is 308 g/mol. The molecule has 1 aliphatic heterocycles. The molecule has 0 amide bonds. The standard InChI is InChI=1S/C17H32N4O/c1-13(2)12-20-7-5-16(6-8-20)18-11-17-14(3)19-21(9-10-22)15(17)4/h13,16,18,22H,5-12H2,1-4H3. The Balaban J connectivity index is 1.82. The summed E-state index contributed by atoms with van der Waals surface area (Å²) in [6.45, 7) is 14.0. The second kappa shape index (κ2) is 8.09. The summed E-state index contributed by atoms with van der Waals surface area (Å²) in [5.74, 6) is 0.757. The molecule has 22 heavy (non-hydrogen) atoms. The second-order valence-corrected chi connectivity index (χ2v) is 6.95. The highest BCUT2D eigenvalue weighted by Gasteiger charge is 2.20. The maximum Gasteiger partial charge on any atom is 0.0644 e. The van der Waals surface area contributed by atoms with Gasteiger partial charge in [0.2, 0.25) is 0 Å². The van der Waals surface area contributed by atoms with Crippen molar-refractivity contribution in [3.63, 3.8) is 0 Å². The van der Waals surface area contributed by atoms with Gasteiger partial charge in [-0.25, -0.2) is 0 Å². The molecule has 2 heterocycles. The summed E-state index contributed by atoms with van der Waals surface area (Å²) in [7, 11) is 0. The lowest BCUT2D eigenvalue weighted by atomic mass is 10.0. The summed E-state index contributed by atoms with van der Waals surface area (Å²) in [5.41, 5.74) is 3.55. The Morgan fingerprint density at radius 2 is 1.95 bits per heavy atom. The van der Waals surface area contributed by atoms with Crippen molar-refractivity contribution >= 4 is 0 Å². The van der Waals surface area contributed by atoms with E-state index in [2.05, 4.69) is 43.0 Å². The SMILES string of the molecule is Cc1nn(CCO)c(C)c1CNC1CCN(CC(C)C)CC1. The van der Waals surface area contributed by atoms with Crippen LogP contribution in [0.25, 0.3) is 0 Å². The normalized spacial score (nSPS) is 17.5. The van der Waals surface area contributed by atoms with Gasteiger partial charge in [0, 0.05) is 30.4 Å². The van der Waals surface area contributed by atoms with Crippen LogP contribution in [0.15, 0.2) is 0 Å². The van der Waals surface area contributed by atoms with Crippen molar-refractivity contribution < 1.29 is 5.11 Å². The van der Waals surface area contributed by atoms with E-state index in [1.54, 1.807) is 0 Å². The molecule has 0 saturated carbocycles. The minimum absolute atomic E-state index is 0.142. The van der Waals surface area contributed by atoms with Gasteiger partial charge in [-0.3, -0.25) is 4.68 Å². The molecule has 1 fully saturated rings. The molecule has 0 aliphatic carbocycles. The van der Waals surface area contributed by atoms with Gasteiger partial charge in [0.25, 0.3) is 0 Å². The number of nitrogens with one attached hydrogen (secondary N) is 1. The third-order valence-electron chi connectivity index (χ3n) is 4.62. The molecule has 1 aliphatic rings. The maximum atomic E-state index is 9.08. The molecule has 126 valence electrons. The fraction of sp³-hybridized carbons (Fsp3) is 0.824. The topological polar surface area (TPSA) is 53.3 Å². The number of rotatable bonds is 7. The van der Waals surface area contributed by atoms with Crippen molar-refractivity contribution in [2.24, 2.45) is 5.92 Å². The number of aliphatic hydroxyl groups excluding tert-OH is 1. The van der Waals surface area contributed by atoms with E-state index in [9.17, 15) is 0 Å². The predicted octanol–water partition coefficient (Wildman–Crippen LogP) is 1.70. The fourth-order valence-electron chi connectivity index (χ4n) is 3.38. The number of hydrogen-bond acceptors (Lipinski definition) is 4. The largest absolute Gasteiger partial charge is 0.394 e. The lowest BCUT2D eigenvalue weighted by Crippen LogP contribution is -2.43. The van der Waals surface area contributed by atoms with Crippen molar-refractivity contribution in [2.75, 3.05) is 26.2 Å². The number of aryl methyl sites for hydroxylation is 1. The highest BCUT2D eigenvalue weighted by Crippen LogP contribution is 2.16. The van der Waals surface area contributed by atoms with Gasteiger partial charge in [0.05, 0.1) is 18.8 Å². The fourth-order valence-corrected chi connectivity index (χ4v) is 3.38. The van der Waals surface area contributed by atoms with Crippen LogP contribution in [0.1, 0.15) is 43.6 Å². The molecular formula is C17H32N4O. The van der Waals surface area contributed by atoms with Crippen LogP contribution in [-0.2, 0) is 13.1 Å². The van der Waals surface area contributed by atoms with Crippen LogP contribution in [0.4, 0.5) is 0 Å². The molecule has 1 saturated heterocycles. The highest BCUT2D eigenvalue weighted by molar-refractivity contribution is 5.24. The molecule has 0 bridgehead atoms. The zero-order chi connectivity index (χ0) is 16.1. The first-order valence-electron chi connectivity index (χ1n) is 8.60. The smallest absolute Gasteiger partial charge is 0.0644 e. The number of likely N-dealkylation sites (tertiary alicyclic amines) is 1. The number of aromatic nitrogens is 2. The van der Waals surface area contributed by atoms with Gasteiger partial charge in [-0.2, -0.15) is 5.10 Å². The van der Waals surface area contributed by atoms with Gasteiger partial charge in [0.15, 0.2) is 0 Å². The third kappa shape index (κ3) is 4.54. The van der Waals surface area contributed by atoms with E-state index in [0.29, 0.717) is 12.6 Å². The summed E-state index contributed by atoms with van der Waals surface area (Å²) in [4.78, 5) is 2.58. The van der Waals surface area contributed by atoms with Crippen LogP contribution in [0.3, 0.4) is 0 Å². The van der Waals surface area contributed by atoms with E-state index in [1.807, 2.05) is 4.68 Å². The summed E-state index contributed by atoms with van der Waals surface area (Å²) in [5, 5.41) is 17.3. The molecule has 2 N–H and O–H groups in total. The van der Waals surface area contributed by atoms with Crippen LogP contribution < -0.4 is 5.32 Å². The maximum absolute atomic E-state index is 9.08. The Bertz CT molecular complexity index is 461. The molecule has 0 radical (unpaired) electrons. The Morgan fingerprint density at radius 1 is 1.27 bits per heavy atom. The van der Waals surface area contributed by atoms with Gasteiger partial charge in [-0.15, -0.1) is 0 Å². The van der Waals surface area contributed by atoms with Gasteiger partial charge in [-0.1, -0.05) is 13.8 Å². The number of piperidine rings is 1. The van der Waals surface area contributed by atoms with Crippen LogP contribution in [0.5, 0.6) is 0 Å². The molecule has 0 spiro atoms. The van der Waals surface area contributed by atoms with Gasteiger partial charge in [-0.05, 0) is 45.7 Å². The molecule has 0 aromatic carbocycles. The van der Waals surface area contributed by atoms with E-state index < -0.39 is 0 Å². The molecule has 2 rings (SSSR count). The number of nitrogens with zero attached hydrogens (tertiary/aromatic N) is 3. The molecular weight excluding hydrogens is 276 g/mol. The Labute approximate surface area is 134 Å². The molecule has 1 aromatic heterocycles. The summed E-state index contributed by atoms with van der Waals surface area (Å²) < 4.78 is 1.91. The van der Waals surface area contributed by atoms with Gasteiger partial charge < -0.3 is 15.3 Å². The van der Waals surface area contributed by atoms with Crippen molar-refractivity contribution in [1.29, 1.82) is 0 Å². The Kier molecular flexibility index (Phi) is 6.41.